The maximum atomic E-state index is 13.7. The van der Waals surface area contributed by atoms with Gasteiger partial charge in [0.25, 0.3) is 0 Å². The van der Waals surface area contributed by atoms with E-state index in [1.807, 2.05) is 10.6 Å². The van der Waals surface area contributed by atoms with Crippen LogP contribution in [0, 0.1) is 5.82 Å². The highest BCUT2D eigenvalue weighted by Crippen LogP contribution is 2.25. The molecule has 1 saturated heterocycles. The van der Waals surface area contributed by atoms with Crippen LogP contribution in [0.15, 0.2) is 18.2 Å². The largest absolute Gasteiger partial charge is 0.369 e. The molecule has 1 fully saturated rings. The molecule has 2 N–H and O–H groups in total. The second-order valence-corrected chi connectivity index (χ2v) is 5.30. The molecule has 1 atom stereocenters. The summed E-state index contributed by atoms with van der Waals surface area (Å²) in [5.74, 6) is 0.0862. The van der Waals surface area contributed by atoms with Gasteiger partial charge in [-0.2, -0.15) is 0 Å². The van der Waals surface area contributed by atoms with Gasteiger partial charge in [-0.1, -0.05) is 6.07 Å². The molecule has 19 heavy (non-hydrogen) atoms. The summed E-state index contributed by atoms with van der Waals surface area (Å²) in [6.45, 7) is 5.34. The molecular formula is C14H19FN4. The molecule has 4 nitrogen and oxygen atoms in total. The van der Waals surface area contributed by atoms with Crippen molar-refractivity contribution in [3.8, 4) is 0 Å². The van der Waals surface area contributed by atoms with Crippen molar-refractivity contribution in [3.05, 3.63) is 24.0 Å². The van der Waals surface area contributed by atoms with E-state index in [9.17, 15) is 4.39 Å². The number of hydrogen-bond acceptors (Lipinski definition) is 3. The minimum Gasteiger partial charge on any atom is -0.369 e. The third kappa shape index (κ3) is 2.18. The number of benzene rings is 1. The summed E-state index contributed by atoms with van der Waals surface area (Å²) in [4.78, 5) is 6.58. The Morgan fingerprint density at radius 3 is 2.84 bits per heavy atom. The third-order valence-electron chi connectivity index (χ3n) is 3.86. The Labute approximate surface area is 112 Å². The lowest BCUT2D eigenvalue weighted by Crippen LogP contribution is -2.27. The molecule has 0 spiro atoms. The summed E-state index contributed by atoms with van der Waals surface area (Å²) in [5.41, 5.74) is 7.11. The number of likely N-dealkylation sites (tertiary alicyclic amines) is 1. The molecular weight excluding hydrogens is 243 g/mol. The van der Waals surface area contributed by atoms with Crippen LogP contribution in [0.25, 0.3) is 11.0 Å². The highest BCUT2D eigenvalue weighted by molar-refractivity contribution is 5.79. The van der Waals surface area contributed by atoms with E-state index < -0.39 is 0 Å². The first-order chi connectivity index (χ1) is 9.16. The van der Waals surface area contributed by atoms with Crippen molar-refractivity contribution in [3.63, 3.8) is 0 Å². The Morgan fingerprint density at radius 1 is 1.37 bits per heavy atom. The standard InChI is InChI=1S/C14H19FN4/c1-10(9-18-7-2-3-8-18)19-12-6-4-5-11(15)13(12)17-14(19)16/h4-6,10H,2-3,7-9H2,1H3,(H2,16,17). The number of nitrogen functional groups attached to an aromatic ring is 1. The predicted molar refractivity (Wildman–Crippen MR) is 74.5 cm³/mol. The average Bonchev–Trinajstić information content (AvgIpc) is 2.96. The normalized spacial score (nSPS) is 18.2. The highest BCUT2D eigenvalue weighted by Gasteiger charge is 2.20. The fourth-order valence-corrected chi connectivity index (χ4v) is 2.98. The van der Waals surface area contributed by atoms with Gasteiger partial charge in [-0.05, 0) is 45.0 Å². The number of hydrogen-bond donors (Lipinski definition) is 1. The van der Waals surface area contributed by atoms with Gasteiger partial charge < -0.3 is 15.2 Å². The zero-order valence-corrected chi connectivity index (χ0v) is 11.1. The van der Waals surface area contributed by atoms with Crippen LogP contribution in [0.3, 0.4) is 0 Å². The van der Waals surface area contributed by atoms with Gasteiger partial charge in [0.05, 0.1) is 5.52 Å². The van der Waals surface area contributed by atoms with E-state index in [0.717, 1.165) is 25.2 Å². The molecule has 1 aliphatic rings. The summed E-state index contributed by atoms with van der Waals surface area (Å²) in [6, 6.07) is 5.20. The predicted octanol–water partition coefficient (Wildman–Crippen LogP) is 2.41. The lowest BCUT2D eigenvalue weighted by molar-refractivity contribution is 0.291. The Morgan fingerprint density at radius 2 is 2.11 bits per heavy atom. The van der Waals surface area contributed by atoms with Gasteiger partial charge in [0.15, 0.2) is 5.82 Å². The van der Waals surface area contributed by atoms with Gasteiger partial charge in [0.2, 0.25) is 5.95 Å². The van der Waals surface area contributed by atoms with E-state index in [1.165, 1.54) is 18.9 Å². The molecule has 1 unspecified atom stereocenters. The first-order valence-corrected chi connectivity index (χ1v) is 6.81. The third-order valence-corrected chi connectivity index (χ3v) is 3.86. The van der Waals surface area contributed by atoms with Crippen LogP contribution in [0.2, 0.25) is 0 Å². The molecule has 5 heteroatoms. The van der Waals surface area contributed by atoms with Crippen LogP contribution in [-0.2, 0) is 0 Å². The molecule has 0 saturated carbocycles. The second kappa shape index (κ2) is 4.81. The maximum Gasteiger partial charge on any atom is 0.201 e. The SMILES string of the molecule is CC(CN1CCCC1)n1c(N)nc2c(F)cccc21. The number of para-hydroxylation sites is 1. The van der Waals surface area contributed by atoms with Crippen LogP contribution in [0.4, 0.5) is 10.3 Å². The molecule has 1 aromatic carbocycles. The van der Waals surface area contributed by atoms with Crippen molar-refractivity contribution in [2.75, 3.05) is 25.4 Å². The van der Waals surface area contributed by atoms with Crippen LogP contribution in [-0.4, -0.2) is 34.1 Å². The zero-order chi connectivity index (χ0) is 13.4. The van der Waals surface area contributed by atoms with Crippen molar-refractivity contribution in [1.29, 1.82) is 0 Å². The smallest absolute Gasteiger partial charge is 0.201 e. The molecule has 0 amide bonds. The van der Waals surface area contributed by atoms with Gasteiger partial charge in [-0.25, -0.2) is 9.37 Å². The minimum absolute atomic E-state index is 0.199. The molecule has 2 heterocycles. The topological polar surface area (TPSA) is 47.1 Å². The summed E-state index contributed by atoms with van der Waals surface area (Å²) >= 11 is 0. The van der Waals surface area contributed by atoms with E-state index in [-0.39, 0.29) is 11.9 Å². The Kier molecular flexibility index (Phi) is 3.14. The number of halogens is 1. The van der Waals surface area contributed by atoms with Crippen molar-refractivity contribution < 1.29 is 4.39 Å². The molecule has 1 aliphatic heterocycles. The lowest BCUT2D eigenvalue weighted by Gasteiger charge is -2.22. The lowest BCUT2D eigenvalue weighted by atomic mass is 10.2. The number of anilines is 1. The van der Waals surface area contributed by atoms with E-state index in [2.05, 4.69) is 16.8 Å². The first-order valence-electron chi connectivity index (χ1n) is 6.81. The van der Waals surface area contributed by atoms with Gasteiger partial charge in [-0.15, -0.1) is 0 Å². The summed E-state index contributed by atoms with van der Waals surface area (Å²) < 4.78 is 15.6. The van der Waals surface area contributed by atoms with Gasteiger partial charge in [0, 0.05) is 12.6 Å². The molecule has 2 aromatic rings. The zero-order valence-electron chi connectivity index (χ0n) is 11.1. The van der Waals surface area contributed by atoms with Crippen LogP contribution in [0.5, 0.6) is 0 Å². The Bertz CT molecular complexity index is 586. The fourth-order valence-electron chi connectivity index (χ4n) is 2.98. The Hall–Kier alpha value is -1.62. The molecule has 1 aromatic heterocycles. The fraction of sp³-hybridized carbons (Fsp3) is 0.500. The van der Waals surface area contributed by atoms with E-state index in [0.29, 0.717) is 11.5 Å². The van der Waals surface area contributed by atoms with Crippen molar-refractivity contribution in [2.45, 2.75) is 25.8 Å². The first kappa shape index (κ1) is 12.4. The summed E-state index contributed by atoms with van der Waals surface area (Å²) in [7, 11) is 0. The summed E-state index contributed by atoms with van der Waals surface area (Å²) in [6.07, 6.45) is 2.53. The molecule has 0 aliphatic carbocycles. The number of nitrogens with zero attached hydrogens (tertiary/aromatic N) is 3. The molecule has 0 bridgehead atoms. The quantitative estimate of drug-likeness (QED) is 0.924. The van der Waals surface area contributed by atoms with E-state index in [4.69, 9.17) is 5.73 Å². The summed E-state index contributed by atoms with van der Waals surface area (Å²) in [5, 5.41) is 0. The van der Waals surface area contributed by atoms with Crippen LogP contribution >= 0.6 is 0 Å². The number of aromatic nitrogens is 2. The number of rotatable bonds is 3. The van der Waals surface area contributed by atoms with Gasteiger partial charge in [-0.3, -0.25) is 0 Å². The molecule has 3 rings (SSSR count). The average molecular weight is 262 g/mol. The second-order valence-electron chi connectivity index (χ2n) is 5.30. The van der Waals surface area contributed by atoms with E-state index >= 15 is 0 Å². The van der Waals surface area contributed by atoms with E-state index in [1.54, 1.807) is 6.07 Å². The number of fused-ring (bicyclic) bond motifs is 1. The minimum atomic E-state index is -0.309. The monoisotopic (exact) mass is 262 g/mol. The highest BCUT2D eigenvalue weighted by atomic mass is 19.1. The number of imidazole rings is 1. The van der Waals surface area contributed by atoms with Crippen molar-refractivity contribution in [2.24, 2.45) is 0 Å². The molecule has 102 valence electrons. The maximum absolute atomic E-state index is 13.7. The van der Waals surface area contributed by atoms with Crippen molar-refractivity contribution >= 4 is 17.0 Å². The molecule has 0 radical (unpaired) electrons. The van der Waals surface area contributed by atoms with Gasteiger partial charge in [0.1, 0.15) is 5.52 Å². The number of nitrogens with two attached hydrogens (primary N) is 1. The van der Waals surface area contributed by atoms with Crippen molar-refractivity contribution in [1.82, 2.24) is 14.5 Å². The van der Waals surface area contributed by atoms with Gasteiger partial charge >= 0.3 is 0 Å². The van der Waals surface area contributed by atoms with Crippen LogP contribution in [0.1, 0.15) is 25.8 Å². The Balaban J connectivity index is 1.94. The van der Waals surface area contributed by atoms with Crippen LogP contribution < -0.4 is 5.73 Å².